The molecule has 0 bridgehead atoms. The zero-order valence-corrected chi connectivity index (χ0v) is 13.9. The Morgan fingerprint density at radius 3 is 2.36 bits per heavy atom. The van der Waals surface area contributed by atoms with E-state index in [0.29, 0.717) is 12.8 Å². The largest absolute Gasteiger partial charge is 0.444 e. The van der Waals surface area contributed by atoms with Crippen molar-refractivity contribution in [3.05, 3.63) is 35.4 Å². The molecule has 1 fully saturated rings. The minimum Gasteiger partial charge on any atom is -0.444 e. The van der Waals surface area contributed by atoms with Gasteiger partial charge < -0.3 is 10.1 Å². The highest BCUT2D eigenvalue weighted by Crippen LogP contribution is 2.35. The van der Waals surface area contributed by atoms with Gasteiger partial charge in [-0.3, -0.25) is 4.79 Å². The molecule has 0 aliphatic heterocycles. The lowest BCUT2D eigenvalue weighted by molar-refractivity contribution is -0.128. The minimum atomic E-state index is -0.950. The quantitative estimate of drug-likeness (QED) is 0.902. The third-order valence-corrected chi connectivity index (χ3v) is 3.94. The van der Waals surface area contributed by atoms with E-state index in [9.17, 15) is 9.59 Å². The Balaban J connectivity index is 2.32. The first-order chi connectivity index (χ1) is 10.2. The van der Waals surface area contributed by atoms with E-state index in [2.05, 4.69) is 5.32 Å². The van der Waals surface area contributed by atoms with Crippen LogP contribution in [0.1, 0.15) is 57.6 Å². The third kappa shape index (κ3) is 3.67. The van der Waals surface area contributed by atoms with Crippen LogP contribution in [0.15, 0.2) is 24.3 Å². The van der Waals surface area contributed by atoms with Gasteiger partial charge in [0.1, 0.15) is 11.1 Å². The van der Waals surface area contributed by atoms with Crippen LogP contribution in [0.5, 0.6) is 0 Å². The van der Waals surface area contributed by atoms with Crippen molar-refractivity contribution in [1.82, 2.24) is 5.32 Å². The van der Waals surface area contributed by atoms with Crippen LogP contribution in [0.4, 0.5) is 4.79 Å². The van der Waals surface area contributed by atoms with Gasteiger partial charge in [0.05, 0.1) is 0 Å². The highest BCUT2D eigenvalue weighted by atomic mass is 16.6. The minimum absolute atomic E-state index is 0.0634. The smallest absolute Gasteiger partial charge is 0.408 e. The van der Waals surface area contributed by atoms with Gasteiger partial charge in [-0.05, 0) is 52.5 Å². The first kappa shape index (κ1) is 16.5. The lowest BCUT2D eigenvalue weighted by Crippen LogP contribution is -2.54. The molecule has 1 N–H and O–H groups in total. The fourth-order valence-electron chi connectivity index (χ4n) is 2.85. The van der Waals surface area contributed by atoms with Gasteiger partial charge in [-0.15, -0.1) is 0 Å². The van der Waals surface area contributed by atoms with E-state index in [1.165, 1.54) is 0 Å². The Morgan fingerprint density at radius 2 is 1.82 bits per heavy atom. The summed E-state index contributed by atoms with van der Waals surface area (Å²) in [5, 5.41) is 2.86. The average Bonchev–Trinajstić information content (AvgIpc) is 2.40. The number of amides is 1. The number of Topliss-reactive ketones (excluding diaryl/α,β-unsaturated/α-hetero) is 1. The van der Waals surface area contributed by atoms with Crippen LogP contribution >= 0.6 is 0 Å². The maximum Gasteiger partial charge on any atom is 0.408 e. The molecule has 0 radical (unpaired) electrons. The van der Waals surface area contributed by atoms with Crippen LogP contribution < -0.4 is 5.32 Å². The molecule has 2 rings (SSSR count). The van der Waals surface area contributed by atoms with Crippen molar-refractivity contribution < 1.29 is 14.3 Å². The summed E-state index contributed by atoms with van der Waals surface area (Å²) in [5.41, 5.74) is 0.429. The van der Waals surface area contributed by atoms with Gasteiger partial charge >= 0.3 is 6.09 Å². The Bertz CT molecular complexity index is 557. The zero-order chi connectivity index (χ0) is 16.4. The summed E-state index contributed by atoms with van der Waals surface area (Å²) >= 11 is 0. The lowest BCUT2D eigenvalue weighted by atomic mass is 9.75. The molecule has 1 unspecified atom stereocenters. The predicted octanol–water partition coefficient (Wildman–Crippen LogP) is 3.86. The van der Waals surface area contributed by atoms with Gasteiger partial charge in [-0.2, -0.15) is 0 Å². The molecule has 1 aliphatic carbocycles. The van der Waals surface area contributed by atoms with Gasteiger partial charge in [-0.25, -0.2) is 4.79 Å². The summed E-state index contributed by atoms with van der Waals surface area (Å²) in [7, 11) is 0. The number of ether oxygens (including phenoxy) is 1. The van der Waals surface area contributed by atoms with Crippen LogP contribution in [-0.4, -0.2) is 17.5 Å². The number of alkyl carbamates (subject to hydrolysis) is 1. The second kappa shape index (κ2) is 6.11. The van der Waals surface area contributed by atoms with Crippen molar-refractivity contribution in [2.45, 2.75) is 64.5 Å². The van der Waals surface area contributed by atoms with Crippen molar-refractivity contribution in [3.63, 3.8) is 0 Å². The van der Waals surface area contributed by atoms with Gasteiger partial charge in [0, 0.05) is 6.42 Å². The summed E-state index contributed by atoms with van der Waals surface area (Å²) in [5.74, 6) is 0.0634. The lowest BCUT2D eigenvalue weighted by Gasteiger charge is -2.37. The Labute approximate surface area is 132 Å². The van der Waals surface area contributed by atoms with Gasteiger partial charge in [-0.1, -0.05) is 29.8 Å². The molecule has 1 atom stereocenters. The molecule has 0 saturated heterocycles. The van der Waals surface area contributed by atoms with Gasteiger partial charge in [0.2, 0.25) is 0 Å². The number of carbonyl (C=O) groups excluding carboxylic acids is 2. The molecule has 1 amide bonds. The first-order valence-corrected chi connectivity index (χ1v) is 7.84. The first-order valence-electron chi connectivity index (χ1n) is 7.84. The second-order valence-corrected chi connectivity index (χ2v) is 7.03. The monoisotopic (exact) mass is 303 g/mol. The summed E-state index contributed by atoms with van der Waals surface area (Å²) in [4.78, 5) is 24.9. The summed E-state index contributed by atoms with van der Waals surface area (Å²) in [6.07, 6.45) is 2.36. The molecular formula is C18H25NO3. The maximum atomic E-state index is 12.6. The molecule has 0 aromatic heterocycles. The predicted molar refractivity (Wildman–Crippen MR) is 85.7 cm³/mol. The third-order valence-electron chi connectivity index (χ3n) is 3.94. The van der Waals surface area contributed by atoms with E-state index < -0.39 is 17.2 Å². The van der Waals surface area contributed by atoms with Crippen molar-refractivity contribution in [1.29, 1.82) is 0 Å². The van der Waals surface area contributed by atoms with E-state index in [1.54, 1.807) is 0 Å². The van der Waals surface area contributed by atoms with Crippen LogP contribution in [0.2, 0.25) is 0 Å². The molecule has 4 nitrogen and oxygen atoms in total. The van der Waals surface area contributed by atoms with Crippen LogP contribution in [0.3, 0.4) is 0 Å². The maximum absolute atomic E-state index is 12.6. The van der Waals surface area contributed by atoms with Crippen LogP contribution in [0, 0.1) is 6.92 Å². The molecule has 0 spiro atoms. The standard InChI is InChI=1S/C18H25NO3/c1-13-8-10-14(11-9-13)18(12-6-5-7-15(18)20)19-16(21)22-17(2,3)4/h8-11H,5-7,12H2,1-4H3,(H,19,21). The fourth-order valence-corrected chi connectivity index (χ4v) is 2.85. The molecule has 1 aromatic rings. The zero-order valence-electron chi connectivity index (χ0n) is 13.9. The molecular weight excluding hydrogens is 278 g/mol. The van der Waals surface area contributed by atoms with Crippen LogP contribution in [-0.2, 0) is 15.1 Å². The molecule has 0 heterocycles. The highest BCUT2D eigenvalue weighted by molar-refractivity contribution is 5.93. The molecule has 120 valence electrons. The highest BCUT2D eigenvalue weighted by Gasteiger charge is 2.43. The number of hydrogen-bond donors (Lipinski definition) is 1. The van der Waals surface area contributed by atoms with Crippen molar-refractivity contribution in [2.24, 2.45) is 0 Å². The fraction of sp³-hybridized carbons (Fsp3) is 0.556. The summed E-state index contributed by atoms with van der Waals surface area (Å²) in [6, 6.07) is 7.79. The van der Waals surface area contributed by atoms with E-state index in [0.717, 1.165) is 24.0 Å². The van der Waals surface area contributed by atoms with E-state index >= 15 is 0 Å². The molecule has 4 heteroatoms. The summed E-state index contributed by atoms with van der Waals surface area (Å²) < 4.78 is 5.36. The number of hydrogen-bond acceptors (Lipinski definition) is 3. The van der Waals surface area contributed by atoms with Crippen LogP contribution in [0.25, 0.3) is 0 Å². The number of benzene rings is 1. The van der Waals surface area contributed by atoms with E-state index in [1.807, 2.05) is 52.0 Å². The van der Waals surface area contributed by atoms with E-state index in [-0.39, 0.29) is 5.78 Å². The Kier molecular flexibility index (Phi) is 4.59. The average molecular weight is 303 g/mol. The number of ketones is 1. The SMILES string of the molecule is Cc1ccc(C2(NC(=O)OC(C)(C)C)CCCCC2=O)cc1. The molecule has 1 saturated carbocycles. The number of nitrogens with one attached hydrogen (secondary N) is 1. The van der Waals surface area contributed by atoms with Crippen molar-refractivity contribution >= 4 is 11.9 Å². The topological polar surface area (TPSA) is 55.4 Å². The molecule has 22 heavy (non-hydrogen) atoms. The van der Waals surface area contributed by atoms with Crippen molar-refractivity contribution in [3.8, 4) is 0 Å². The molecule has 1 aliphatic rings. The second-order valence-electron chi connectivity index (χ2n) is 7.03. The number of aryl methyl sites for hydroxylation is 1. The van der Waals surface area contributed by atoms with Crippen molar-refractivity contribution in [2.75, 3.05) is 0 Å². The number of rotatable bonds is 2. The molecule has 1 aromatic carbocycles. The van der Waals surface area contributed by atoms with Gasteiger partial charge in [0.15, 0.2) is 5.78 Å². The Morgan fingerprint density at radius 1 is 1.18 bits per heavy atom. The number of carbonyl (C=O) groups is 2. The normalized spacial score (nSPS) is 22.3. The van der Waals surface area contributed by atoms with Gasteiger partial charge in [0.25, 0.3) is 0 Å². The van der Waals surface area contributed by atoms with E-state index in [4.69, 9.17) is 4.74 Å². The Hall–Kier alpha value is -1.84. The summed E-state index contributed by atoms with van der Waals surface area (Å²) in [6.45, 7) is 7.44.